The number of nitrogens with zero attached hydrogens (tertiary/aromatic N) is 2. The molecule has 2 aromatic carbocycles. The molecule has 2 N–H and O–H groups in total. The molecule has 0 unspecified atom stereocenters. The van der Waals surface area contributed by atoms with Crippen molar-refractivity contribution < 1.29 is 18.3 Å². The first-order valence-electron chi connectivity index (χ1n) is 9.24. The fraction of sp³-hybridized carbons (Fsp3) is 0.238. The van der Waals surface area contributed by atoms with E-state index in [0.717, 1.165) is 35.0 Å². The van der Waals surface area contributed by atoms with Gasteiger partial charge in [-0.2, -0.15) is 5.10 Å². The second-order valence-corrected chi connectivity index (χ2v) is 6.90. The summed E-state index contributed by atoms with van der Waals surface area (Å²) < 4.78 is 32.0. The number of rotatable bonds is 5. The monoisotopic (exact) mass is 398 g/mol. The molecule has 3 aromatic rings. The maximum absolute atomic E-state index is 13.8. The summed E-state index contributed by atoms with van der Waals surface area (Å²) in [5, 5.41) is 10.2. The van der Waals surface area contributed by atoms with E-state index in [1.807, 2.05) is 30.3 Å². The predicted molar refractivity (Wildman–Crippen MR) is 105 cm³/mol. The summed E-state index contributed by atoms with van der Waals surface area (Å²) in [5.41, 5.74) is 1.70. The molecular formula is C21H20F2N4O2. The lowest BCUT2D eigenvalue weighted by atomic mass is 10.1. The zero-order valence-corrected chi connectivity index (χ0v) is 15.8. The number of methoxy groups -OCH3 is 1. The maximum atomic E-state index is 13.8. The number of anilines is 1. The largest absolute Gasteiger partial charge is 0.497 e. The van der Waals surface area contributed by atoms with E-state index in [0.29, 0.717) is 25.6 Å². The molecule has 1 atom stereocenters. The highest BCUT2D eigenvalue weighted by Gasteiger charge is 2.26. The third kappa shape index (κ3) is 4.06. The highest BCUT2D eigenvalue weighted by molar-refractivity contribution is 5.94. The number of carbonyl (C=O) groups is 1. The quantitative estimate of drug-likeness (QED) is 0.691. The highest BCUT2D eigenvalue weighted by Crippen LogP contribution is 2.26. The Morgan fingerprint density at radius 3 is 2.72 bits per heavy atom. The lowest BCUT2D eigenvalue weighted by Gasteiger charge is -2.16. The van der Waals surface area contributed by atoms with E-state index in [1.54, 1.807) is 7.11 Å². The second kappa shape index (κ2) is 7.90. The molecule has 29 heavy (non-hydrogen) atoms. The molecule has 0 spiro atoms. The Bertz CT molecular complexity index is 1020. The lowest BCUT2D eigenvalue weighted by Crippen LogP contribution is -2.37. The van der Waals surface area contributed by atoms with E-state index in [-0.39, 0.29) is 11.6 Å². The molecule has 8 heteroatoms. The number of benzene rings is 2. The van der Waals surface area contributed by atoms with Crippen LogP contribution in [0.25, 0.3) is 11.3 Å². The van der Waals surface area contributed by atoms with Crippen molar-refractivity contribution in [2.75, 3.05) is 25.1 Å². The van der Waals surface area contributed by atoms with Gasteiger partial charge in [-0.25, -0.2) is 8.78 Å². The molecular weight excluding hydrogens is 378 g/mol. The first kappa shape index (κ1) is 18.9. The number of hydrogen-bond donors (Lipinski definition) is 2. The van der Waals surface area contributed by atoms with Crippen LogP contribution >= 0.6 is 0 Å². The number of carbonyl (C=O) groups excluding carboxylic acids is 1. The SMILES string of the molecule is COc1ccc(-c2cc(N3CC[C@@H](NC(=O)c4ccc(F)cc4F)C3)n[nH]2)cc1. The molecule has 1 saturated heterocycles. The van der Waals surface area contributed by atoms with Crippen molar-refractivity contribution in [3.05, 3.63) is 65.7 Å². The van der Waals surface area contributed by atoms with Crippen LogP contribution in [0, 0.1) is 11.6 Å². The molecule has 1 fully saturated rings. The molecule has 0 saturated carbocycles. The van der Waals surface area contributed by atoms with E-state index in [9.17, 15) is 13.6 Å². The smallest absolute Gasteiger partial charge is 0.254 e. The Morgan fingerprint density at radius 1 is 1.21 bits per heavy atom. The summed E-state index contributed by atoms with van der Waals surface area (Å²) in [6.07, 6.45) is 0.708. The minimum atomic E-state index is -0.867. The third-order valence-corrected chi connectivity index (χ3v) is 4.99. The van der Waals surface area contributed by atoms with Crippen LogP contribution in [0.5, 0.6) is 5.75 Å². The van der Waals surface area contributed by atoms with Crippen LogP contribution in [0.3, 0.4) is 0 Å². The summed E-state index contributed by atoms with van der Waals surface area (Å²) in [6, 6.07) is 12.4. The molecule has 1 amide bonds. The van der Waals surface area contributed by atoms with Gasteiger partial charge in [0.05, 0.1) is 18.4 Å². The molecule has 1 aliphatic rings. The first-order valence-corrected chi connectivity index (χ1v) is 9.24. The van der Waals surface area contributed by atoms with Crippen LogP contribution < -0.4 is 15.0 Å². The topological polar surface area (TPSA) is 70.2 Å². The van der Waals surface area contributed by atoms with Crippen molar-refractivity contribution in [2.45, 2.75) is 12.5 Å². The van der Waals surface area contributed by atoms with Gasteiger partial charge in [0, 0.05) is 31.3 Å². The van der Waals surface area contributed by atoms with Crippen molar-refractivity contribution in [3.63, 3.8) is 0 Å². The van der Waals surface area contributed by atoms with E-state index < -0.39 is 17.5 Å². The fourth-order valence-electron chi connectivity index (χ4n) is 3.41. The molecule has 4 rings (SSSR count). The molecule has 0 bridgehead atoms. The highest BCUT2D eigenvalue weighted by atomic mass is 19.1. The summed E-state index contributed by atoms with van der Waals surface area (Å²) >= 11 is 0. The Kier molecular flexibility index (Phi) is 5.16. The second-order valence-electron chi connectivity index (χ2n) is 6.90. The number of aromatic amines is 1. The zero-order valence-electron chi connectivity index (χ0n) is 15.8. The van der Waals surface area contributed by atoms with Crippen molar-refractivity contribution in [2.24, 2.45) is 0 Å². The van der Waals surface area contributed by atoms with E-state index in [2.05, 4.69) is 20.4 Å². The Morgan fingerprint density at radius 2 is 2.00 bits per heavy atom. The average molecular weight is 398 g/mol. The predicted octanol–water partition coefficient (Wildman–Crippen LogP) is 3.37. The number of H-pyrrole nitrogens is 1. The number of ether oxygens (including phenoxy) is 1. The molecule has 6 nitrogen and oxygen atoms in total. The van der Waals surface area contributed by atoms with Gasteiger partial charge in [-0.1, -0.05) is 0 Å². The summed E-state index contributed by atoms with van der Waals surface area (Å²) in [5.74, 6) is -0.564. The molecule has 0 radical (unpaired) electrons. The Labute approximate surface area is 166 Å². The number of hydrogen-bond acceptors (Lipinski definition) is 4. The van der Waals surface area contributed by atoms with Gasteiger partial charge in [0.1, 0.15) is 17.4 Å². The van der Waals surface area contributed by atoms with Crippen molar-refractivity contribution in [3.8, 4) is 17.0 Å². The van der Waals surface area contributed by atoms with Crippen LogP contribution in [0.1, 0.15) is 16.8 Å². The Hall–Kier alpha value is -3.42. The molecule has 0 aliphatic carbocycles. The molecule has 1 aromatic heterocycles. The number of aromatic nitrogens is 2. The van der Waals surface area contributed by atoms with Crippen LogP contribution in [0.15, 0.2) is 48.5 Å². The van der Waals surface area contributed by atoms with E-state index in [1.165, 1.54) is 0 Å². The number of amides is 1. The summed E-state index contributed by atoms with van der Waals surface area (Å²) in [4.78, 5) is 14.3. The van der Waals surface area contributed by atoms with E-state index >= 15 is 0 Å². The fourth-order valence-corrected chi connectivity index (χ4v) is 3.41. The van der Waals surface area contributed by atoms with Gasteiger partial charge < -0.3 is 15.0 Å². The Balaban J connectivity index is 1.39. The minimum Gasteiger partial charge on any atom is -0.497 e. The van der Waals surface area contributed by atoms with Gasteiger partial charge in [-0.15, -0.1) is 0 Å². The first-order chi connectivity index (χ1) is 14.0. The molecule has 1 aliphatic heterocycles. The lowest BCUT2D eigenvalue weighted by molar-refractivity contribution is 0.0936. The van der Waals surface area contributed by atoms with Gasteiger partial charge in [-0.05, 0) is 48.4 Å². The van der Waals surface area contributed by atoms with Gasteiger partial charge >= 0.3 is 0 Å². The van der Waals surface area contributed by atoms with Gasteiger partial charge in [0.15, 0.2) is 5.82 Å². The number of halogens is 2. The van der Waals surface area contributed by atoms with Gasteiger partial charge in [0.25, 0.3) is 5.91 Å². The minimum absolute atomic E-state index is 0.145. The standard InChI is InChI=1S/C21H20F2N4O2/c1-29-16-5-2-13(3-6-16)19-11-20(26-25-19)27-9-8-15(12-27)24-21(28)17-7-4-14(22)10-18(17)23/h2-7,10-11,15H,8-9,12H2,1H3,(H,24,28)(H,25,26)/t15-/m1/s1. The van der Waals surface area contributed by atoms with Crippen molar-refractivity contribution in [1.29, 1.82) is 0 Å². The van der Waals surface area contributed by atoms with Crippen molar-refractivity contribution >= 4 is 11.7 Å². The number of nitrogens with one attached hydrogen (secondary N) is 2. The molecule has 2 heterocycles. The van der Waals surface area contributed by atoms with Gasteiger partial charge in [-0.3, -0.25) is 9.89 Å². The normalized spacial score (nSPS) is 16.1. The van der Waals surface area contributed by atoms with Crippen LogP contribution in [-0.4, -0.2) is 42.3 Å². The zero-order chi connectivity index (χ0) is 20.4. The van der Waals surface area contributed by atoms with Crippen LogP contribution in [0.4, 0.5) is 14.6 Å². The van der Waals surface area contributed by atoms with Crippen LogP contribution in [-0.2, 0) is 0 Å². The van der Waals surface area contributed by atoms with Crippen LogP contribution in [0.2, 0.25) is 0 Å². The molecule has 150 valence electrons. The average Bonchev–Trinajstić information content (AvgIpc) is 3.37. The van der Waals surface area contributed by atoms with Crippen molar-refractivity contribution in [1.82, 2.24) is 15.5 Å². The van der Waals surface area contributed by atoms with E-state index in [4.69, 9.17) is 4.74 Å². The maximum Gasteiger partial charge on any atom is 0.254 e. The van der Waals surface area contributed by atoms with Gasteiger partial charge in [0.2, 0.25) is 0 Å². The summed E-state index contributed by atoms with van der Waals surface area (Å²) in [7, 11) is 1.62. The summed E-state index contributed by atoms with van der Waals surface area (Å²) in [6.45, 7) is 1.27. The third-order valence-electron chi connectivity index (χ3n) is 4.99.